The first-order valence-corrected chi connectivity index (χ1v) is 7.63. The second-order valence-corrected chi connectivity index (χ2v) is 6.76. The summed E-state index contributed by atoms with van der Waals surface area (Å²) in [6.45, 7) is 6.28. The second kappa shape index (κ2) is 4.66. The normalized spacial score (nSPS) is 19.7. The average Bonchev–Trinajstić information content (AvgIpc) is 3.00. The average molecular weight is 327 g/mol. The van der Waals surface area contributed by atoms with E-state index in [0.717, 1.165) is 34.8 Å². The molecule has 1 atom stereocenters. The fraction of sp³-hybridized carbons (Fsp3) is 0.500. The molecule has 4 nitrogen and oxygen atoms in total. The molecule has 1 fully saturated rings. The van der Waals surface area contributed by atoms with Crippen LogP contribution in [0.5, 0.6) is 0 Å². The van der Waals surface area contributed by atoms with Crippen molar-refractivity contribution in [3.63, 3.8) is 0 Å². The van der Waals surface area contributed by atoms with Crippen LogP contribution in [0.4, 0.5) is 5.13 Å². The number of aromatic nitrogens is 3. The largest absolute Gasteiger partial charge is 0.346 e. The van der Waals surface area contributed by atoms with E-state index < -0.39 is 0 Å². The van der Waals surface area contributed by atoms with Crippen molar-refractivity contribution in [2.45, 2.75) is 26.3 Å². The number of anilines is 1. The molecule has 0 aliphatic carbocycles. The first-order valence-electron chi connectivity index (χ1n) is 6.02. The molecule has 2 aromatic heterocycles. The Labute approximate surface area is 119 Å². The Morgan fingerprint density at radius 1 is 1.44 bits per heavy atom. The van der Waals surface area contributed by atoms with Gasteiger partial charge in [-0.25, -0.2) is 4.98 Å². The zero-order valence-electron chi connectivity index (χ0n) is 10.4. The van der Waals surface area contributed by atoms with E-state index in [1.807, 2.05) is 12.4 Å². The predicted molar refractivity (Wildman–Crippen MR) is 77.4 cm³/mol. The Hall–Kier alpha value is -0.880. The third kappa shape index (κ3) is 2.19. The van der Waals surface area contributed by atoms with Gasteiger partial charge in [0.1, 0.15) is 0 Å². The number of halogens is 1. The van der Waals surface area contributed by atoms with Crippen molar-refractivity contribution in [2.24, 2.45) is 0 Å². The van der Waals surface area contributed by atoms with Crippen molar-refractivity contribution in [3.05, 3.63) is 27.4 Å². The molecule has 3 heterocycles. The summed E-state index contributed by atoms with van der Waals surface area (Å²) >= 11 is 5.23. The highest BCUT2D eigenvalue weighted by Crippen LogP contribution is 2.31. The molecule has 0 amide bonds. The Bertz CT molecular complexity index is 543. The molecule has 0 spiro atoms. The van der Waals surface area contributed by atoms with Crippen LogP contribution in [0.3, 0.4) is 0 Å². The molecule has 0 aromatic carbocycles. The highest BCUT2D eigenvalue weighted by molar-refractivity contribution is 9.10. The maximum Gasteiger partial charge on any atom is 0.185 e. The Morgan fingerprint density at radius 2 is 2.28 bits per heavy atom. The molecule has 3 rings (SSSR count). The lowest BCUT2D eigenvalue weighted by Gasteiger charge is -2.15. The third-order valence-electron chi connectivity index (χ3n) is 3.40. The van der Waals surface area contributed by atoms with Gasteiger partial charge in [0.05, 0.1) is 22.4 Å². The lowest BCUT2D eigenvalue weighted by atomic mass is 10.3. The van der Waals surface area contributed by atoms with Crippen molar-refractivity contribution < 1.29 is 0 Å². The van der Waals surface area contributed by atoms with Crippen LogP contribution in [0.2, 0.25) is 0 Å². The van der Waals surface area contributed by atoms with E-state index in [4.69, 9.17) is 0 Å². The van der Waals surface area contributed by atoms with Gasteiger partial charge in [0.25, 0.3) is 0 Å². The van der Waals surface area contributed by atoms with Crippen LogP contribution >= 0.6 is 27.3 Å². The van der Waals surface area contributed by atoms with Gasteiger partial charge >= 0.3 is 0 Å². The molecular weight excluding hydrogens is 312 g/mol. The van der Waals surface area contributed by atoms with Gasteiger partial charge in [-0.1, -0.05) is 0 Å². The van der Waals surface area contributed by atoms with Crippen LogP contribution < -0.4 is 4.90 Å². The van der Waals surface area contributed by atoms with Crippen LogP contribution in [-0.2, 0) is 0 Å². The van der Waals surface area contributed by atoms with Gasteiger partial charge in [0, 0.05) is 24.2 Å². The Kier molecular flexibility index (Phi) is 3.15. The van der Waals surface area contributed by atoms with Crippen LogP contribution in [0.1, 0.15) is 23.0 Å². The van der Waals surface area contributed by atoms with E-state index >= 15 is 0 Å². The van der Waals surface area contributed by atoms with Crippen molar-refractivity contribution in [1.82, 2.24) is 14.8 Å². The highest BCUT2D eigenvalue weighted by Gasteiger charge is 2.26. The van der Waals surface area contributed by atoms with E-state index in [-0.39, 0.29) is 0 Å². The minimum Gasteiger partial charge on any atom is -0.346 e. The maximum absolute atomic E-state index is 4.63. The lowest BCUT2D eigenvalue weighted by molar-refractivity contribution is 0.494. The van der Waals surface area contributed by atoms with Crippen LogP contribution in [0.15, 0.2) is 16.9 Å². The van der Waals surface area contributed by atoms with E-state index in [2.05, 4.69) is 49.4 Å². The molecule has 2 aromatic rings. The highest BCUT2D eigenvalue weighted by atomic mass is 79.9. The SMILES string of the molecule is Cc1nc(N2CCC(n3cc(Br)cn3)C2)sc1C. The molecule has 1 aliphatic heterocycles. The summed E-state index contributed by atoms with van der Waals surface area (Å²) in [5, 5.41) is 5.53. The molecule has 18 heavy (non-hydrogen) atoms. The first kappa shape index (κ1) is 12.2. The number of thiazole rings is 1. The van der Waals surface area contributed by atoms with Crippen LogP contribution in [-0.4, -0.2) is 27.9 Å². The molecule has 1 aliphatic rings. The molecule has 0 bridgehead atoms. The number of nitrogens with zero attached hydrogens (tertiary/aromatic N) is 4. The molecule has 6 heteroatoms. The number of rotatable bonds is 2. The van der Waals surface area contributed by atoms with E-state index in [0.29, 0.717) is 6.04 Å². The fourth-order valence-corrected chi connectivity index (χ4v) is 3.48. The molecule has 0 N–H and O–H groups in total. The molecule has 0 saturated carbocycles. The quantitative estimate of drug-likeness (QED) is 0.850. The van der Waals surface area contributed by atoms with Crippen LogP contribution in [0, 0.1) is 13.8 Å². The monoisotopic (exact) mass is 326 g/mol. The van der Waals surface area contributed by atoms with Gasteiger partial charge in [-0.2, -0.15) is 5.10 Å². The summed E-state index contributed by atoms with van der Waals surface area (Å²) < 4.78 is 3.10. The van der Waals surface area contributed by atoms with Gasteiger partial charge < -0.3 is 4.90 Å². The van der Waals surface area contributed by atoms with E-state index in [9.17, 15) is 0 Å². The van der Waals surface area contributed by atoms with Gasteiger partial charge in [0.2, 0.25) is 0 Å². The summed E-state index contributed by atoms with van der Waals surface area (Å²) in [4.78, 5) is 8.31. The van der Waals surface area contributed by atoms with Crippen LogP contribution in [0.25, 0.3) is 0 Å². The van der Waals surface area contributed by atoms with E-state index in [1.54, 1.807) is 11.3 Å². The van der Waals surface area contributed by atoms with Gasteiger partial charge in [-0.15, -0.1) is 11.3 Å². The topological polar surface area (TPSA) is 34.0 Å². The van der Waals surface area contributed by atoms with E-state index in [1.165, 1.54) is 4.88 Å². The summed E-state index contributed by atoms with van der Waals surface area (Å²) in [6, 6.07) is 0.459. The van der Waals surface area contributed by atoms with Gasteiger partial charge in [-0.05, 0) is 36.2 Å². The second-order valence-electron chi connectivity index (χ2n) is 4.67. The standard InChI is InChI=1S/C12H15BrN4S/c1-8-9(2)18-12(15-8)16-4-3-11(7-16)17-6-10(13)5-14-17/h5-6,11H,3-4,7H2,1-2H3. The molecule has 0 radical (unpaired) electrons. The Morgan fingerprint density at radius 3 is 2.89 bits per heavy atom. The zero-order chi connectivity index (χ0) is 12.7. The minimum absolute atomic E-state index is 0.459. The number of hydrogen-bond donors (Lipinski definition) is 0. The number of aryl methyl sites for hydroxylation is 2. The summed E-state index contributed by atoms with van der Waals surface area (Å²) in [5.74, 6) is 0. The zero-order valence-corrected chi connectivity index (χ0v) is 12.8. The maximum atomic E-state index is 4.63. The van der Waals surface area contributed by atoms with Crippen molar-refractivity contribution in [2.75, 3.05) is 18.0 Å². The molecule has 1 unspecified atom stereocenters. The Balaban J connectivity index is 1.75. The summed E-state index contributed by atoms with van der Waals surface area (Å²) in [6.07, 6.45) is 5.03. The first-order chi connectivity index (χ1) is 8.63. The molecule has 96 valence electrons. The minimum atomic E-state index is 0.459. The van der Waals surface area contributed by atoms with Crippen molar-refractivity contribution in [3.8, 4) is 0 Å². The van der Waals surface area contributed by atoms with Crippen molar-refractivity contribution >= 4 is 32.4 Å². The van der Waals surface area contributed by atoms with Crippen molar-refractivity contribution in [1.29, 1.82) is 0 Å². The predicted octanol–water partition coefficient (Wildman–Crippen LogP) is 3.17. The molecule has 1 saturated heterocycles. The smallest absolute Gasteiger partial charge is 0.185 e. The van der Waals surface area contributed by atoms with Gasteiger partial charge in [0.15, 0.2) is 5.13 Å². The summed E-state index contributed by atoms with van der Waals surface area (Å²) in [5.41, 5.74) is 1.15. The van der Waals surface area contributed by atoms with Gasteiger partial charge in [-0.3, -0.25) is 4.68 Å². The lowest BCUT2D eigenvalue weighted by Crippen LogP contribution is -2.20. The molecular formula is C12H15BrN4S. The number of hydrogen-bond acceptors (Lipinski definition) is 4. The third-order valence-corrected chi connectivity index (χ3v) is 4.94. The fourth-order valence-electron chi connectivity index (χ4n) is 2.24. The summed E-state index contributed by atoms with van der Waals surface area (Å²) in [7, 11) is 0.